The van der Waals surface area contributed by atoms with Crippen molar-refractivity contribution in [1.29, 1.82) is 0 Å². The van der Waals surface area contributed by atoms with Gasteiger partial charge in [0.25, 0.3) is 5.91 Å². The van der Waals surface area contributed by atoms with Gasteiger partial charge in [-0.3, -0.25) is 9.59 Å². The summed E-state index contributed by atoms with van der Waals surface area (Å²) in [5.41, 5.74) is 1.01. The van der Waals surface area contributed by atoms with Crippen molar-refractivity contribution in [3.63, 3.8) is 0 Å². The molecule has 2 N–H and O–H groups in total. The van der Waals surface area contributed by atoms with Crippen molar-refractivity contribution in [2.24, 2.45) is 0 Å². The lowest BCUT2D eigenvalue weighted by molar-refractivity contribution is -0.137. The van der Waals surface area contributed by atoms with E-state index < -0.39 is 12.0 Å². The number of methoxy groups -OCH3 is 2. The zero-order chi connectivity index (χ0) is 18.4. The number of carbonyl (C=O) groups excluding carboxylic acids is 1. The number of hydrogen-bond donors (Lipinski definition) is 2. The lowest BCUT2D eigenvalue weighted by Gasteiger charge is -2.19. The third kappa shape index (κ3) is 4.32. The number of aliphatic carboxylic acids is 1. The van der Waals surface area contributed by atoms with Crippen LogP contribution in [0.15, 0.2) is 34.9 Å². The van der Waals surface area contributed by atoms with E-state index in [2.05, 4.69) is 5.32 Å². The number of amides is 1. The Bertz CT molecular complexity index is 752. The molecule has 0 saturated heterocycles. The Balaban J connectivity index is 2.30. The number of aryl methyl sites for hydroxylation is 1. The molecule has 1 aromatic heterocycles. The maximum absolute atomic E-state index is 12.5. The molecule has 1 aromatic carbocycles. The summed E-state index contributed by atoms with van der Waals surface area (Å²) in [6.45, 7) is 1.87. The minimum absolute atomic E-state index is 0.263. The molecule has 134 valence electrons. The maximum atomic E-state index is 12.5. The van der Waals surface area contributed by atoms with E-state index in [1.807, 2.05) is 6.92 Å². The number of ether oxygens (including phenoxy) is 2. The smallest absolute Gasteiger partial charge is 0.305 e. The van der Waals surface area contributed by atoms with Crippen molar-refractivity contribution < 1.29 is 28.6 Å². The summed E-state index contributed by atoms with van der Waals surface area (Å²) in [7, 11) is 3.00. The van der Waals surface area contributed by atoms with E-state index in [1.165, 1.54) is 20.5 Å². The Morgan fingerprint density at radius 3 is 2.52 bits per heavy atom. The van der Waals surface area contributed by atoms with Gasteiger partial charge in [-0.25, -0.2) is 0 Å². The Labute approximate surface area is 145 Å². The van der Waals surface area contributed by atoms with Gasteiger partial charge in [0.2, 0.25) is 0 Å². The Morgan fingerprint density at radius 2 is 1.92 bits per heavy atom. The number of hydrogen-bond acceptors (Lipinski definition) is 5. The van der Waals surface area contributed by atoms with Crippen LogP contribution in [0.4, 0.5) is 0 Å². The molecule has 1 atom stereocenters. The first-order valence-electron chi connectivity index (χ1n) is 7.81. The molecule has 0 saturated carbocycles. The van der Waals surface area contributed by atoms with Crippen molar-refractivity contribution in [3.8, 4) is 11.5 Å². The van der Waals surface area contributed by atoms with E-state index in [0.717, 1.165) is 0 Å². The molecule has 0 bridgehead atoms. The predicted molar refractivity (Wildman–Crippen MR) is 90.1 cm³/mol. The van der Waals surface area contributed by atoms with E-state index in [0.29, 0.717) is 34.8 Å². The van der Waals surface area contributed by atoms with Crippen LogP contribution in [0.1, 0.15) is 41.1 Å². The molecule has 0 spiro atoms. The summed E-state index contributed by atoms with van der Waals surface area (Å²) < 4.78 is 15.7. The van der Waals surface area contributed by atoms with Gasteiger partial charge in [-0.15, -0.1) is 0 Å². The molecule has 0 aliphatic carbocycles. The maximum Gasteiger partial charge on any atom is 0.305 e. The van der Waals surface area contributed by atoms with E-state index in [4.69, 9.17) is 13.9 Å². The average molecular weight is 347 g/mol. The Hall–Kier alpha value is -2.96. The molecule has 2 rings (SSSR count). The van der Waals surface area contributed by atoms with Crippen LogP contribution in [-0.4, -0.2) is 31.2 Å². The fourth-order valence-electron chi connectivity index (χ4n) is 2.55. The zero-order valence-electron chi connectivity index (χ0n) is 14.4. The van der Waals surface area contributed by atoms with Gasteiger partial charge in [0.1, 0.15) is 5.76 Å². The molecule has 7 heteroatoms. The SMILES string of the molecule is CCc1occc1C(=O)NC(CC(=O)O)c1ccc(OC)c(OC)c1. The molecule has 0 aliphatic rings. The largest absolute Gasteiger partial charge is 0.493 e. The summed E-state index contributed by atoms with van der Waals surface area (Å²) in [6, 6.07) is 5.88. The highest BCUT2D eigenvalue weighted by molar-refractivity contribution is 5.95. The second kappa shape index (κ2) is 8.23. The summed E-state index contributed by atoms with van der Waals surface area (Å²) >= 11 is 0. The second-order valence-electron chi connectivity index (χ2n) is 5.35. The van der Waals surface area contributed by atoms with Gasteiger partial charge in [0.15, 0.2) is 11.5 Å². The summed E-state index contributed by atoms with van der Waals surface area (Å²) in [5.74, 6) is 0.130. The van der Waals surface area contributed by atoms with Crippen molar-refractivity contribution in [2.45, 2.75) is 25.8 Å². The lowest BCUT2D eigenvalue weighted by atomic mass is 10.0. The van der Waals surface area contributed by atoms with Crippen LogP contribution in [0, 0.1) is 0 Å². The van der Waals surface area contributed by atoms with Crippen molar-refractivity contribution >= 4 is 11.9 Å². The molecule has 0 fully saturated rings. The Morgan fingerprint density at radius 1 is 1.20 bits per heavy atom. The molecule has 25 heavy (non-hydrogen) atoms. The summed E-state index contributed by atoms with van der Waals surface area (Å²) in [5, 5.41) is 11.9. The van der Waals surface area contributed by atoms with Crippen molar-refractivity contribution in [1.82, 2.24) is 5.32 Å². The van der Waals surface area contributed by atoms with Crippen LogP contribution >= 0.6 is 0 Å². The molecule has 7 nitrogen and oxygen atoms in total. The zero-order valence-corrected chi connectivity index (χ0v) is 14.4. The first kappa shape index (κ1) is 18.4. The van der Waals surface area contributed by atoms with Gasteiger partial charge in [-0.2, -0.15) is 0 Å². The number of nitrogens with one attached hydrogen (secondary N) is 1. The van der Waals surface area contributed by atoms with Crippen molar-refractivity contribution in [3.05, 3.63) is 47.4 Å². The number of rotatable bonds is 8. The fourth-order valence-corrected chi connectivity index (χ4v) is 2.55. The number of carbonyl (C=O) groups is 2. The van der Waals surface area contributed by atoms with Gasteiger partial charge in [-0.1, -0.05) is 13.0 Å². The van der Waals surface area contributed by atoms with Gasteiger partial charge in [-0.05, 0) is 23.8 Å². The molecule has 1 amide bonds. The van der Waals surface area contributed by atoms with Crippen molar-refractivity contribution in [2.75, 3.05) is 14.2 Å². The van der Waals surface area contributed by atoms with Crippen LogP contribution < -0.4 is 14.8 Å². The molecule has 0 aliphatic heterocycles. The van der Waals surface area contributed by atoms with Gasteiger partial charge < -0.3 is 24.3 Å². The monoisotopic (exact) mass is 347 g/mol. The van der Waals surface area contributed by atoms with Crippen LogP contribution in [-0.2, 0) is 11.2 Å². The summed E-state index contributed by atoms with van der Waals surface area (Å²) in [6.07, 6.45) is 1.74. The highest BCUT2D eigenvalue weighted by atomic mass is 16.5. The molecular formula is C18H21NO6. The lowest BCUT2D eigenvalue weighted by Crippen LogP contribution is -2.30. The quantitative estimate of drug-likeness (QED) is 0.762. The fraction of sp³-hybridized carbons (Fsp3) is 0.333. The molecule has 1 heterocycles. The minimum Gasteiger partial charge on any atom is -0.493 e. The average Bonchev–Trinajstić information content (AvgIpc) is 3.09. The highest BCUT2D eigenvalue weighted by Gasteiger charge is 2.22. The third-order valence-corrected chi connectivity index (χ3v) is 3.81. The minimum atomic E-state index is -1.03. The molecule has 2 aromatic rings. The number of carboxylic acids is 1. The highest BCUT2D eigenvalue weighted by Crippen LogP contribution is 2.31. The first-order valence-corrected chi connectivity index (χ1v) is 7.81. The van der Waals surface area contributed by atoms with Gasteiger partial charge in [0, 0.05) is 6.42 Å². The van der Waals surface area contributed by atoms with Gasteiger partial charge in [0.05, 0.1) is 38.5 Å². The number of carboxylic acid groups (broad SMARTS) is 1. The molecule has 0 radical (unpaired) electrons. The standard InChI is InChI=1S/C18H21NO6/c1-4-14-12(7-8-25-14)18(22)19-13(10-17(20)21)11-5-6-15(23-2)16(9-11)24-3/h5-9,13H,4,10H2,1-3H3,(H,19,22)(H,20,21). The molecule has 1 unspecified atom stereocenters. The third-order valence-electron chi connectivity index (χ3n) is 3.81. The van der Waals surface area contributed by atoms with Crippen LogP contribution in [0.2, 0.25) is 0 Å². The topological polar surface area (TPSA) is 98.0 Å². The number of furan rings is 1. The van der Waals surface area contributed by atoms with Crippen LogP contribution in [0.3, 0.4) is 0 Å². The van der Waals surface area contributed by atoms with Crippen LogP contribution in [0.25, 0.3) is 0 Å². The molecular weight excluding hydrogens is 326 g/mol. The van der Waals surface area contributed by atoms with E-state index in [1.54, 1.807) is 24.3 Å². The van der Waals surface area contributed by atoms with Crippen LogP contribution in [0.5, 0.6) is 11.5 Å². The predicted octanol–water partition coefficient (Wildman–Crippen LogP) is 2.81. The van der Waals surface area contributed by atoms with E-state index >= 15 is 0 Å². The van der Waals surface area contributed by atoms with E-state index in [9.17, 15) is 14.7 Å². The Kier molecular flexibility index (Phi) is 6.05. The normalized spacial score (nSPS) is 11.6. The number of benzene rings is 1. The second-order valence-corrected chi connectivity index (χ2v) is 5.35. The van der Waals surface area contributed by atoms with Gasteiger partial charge >= 0.3 is 5.97 Å². The first-order chi connectivity index (χ1) is 12.0. The van der Waals surface area contributed by atoms with E-state index in [-0.39, 0.29) is 12.3 Å². The summed E-state index contributed by atoms with van der Waals surface area (Å²) in [4.78, 5) is 23.7.